The number of likely N-dealkylation sites (tertiary alicyclic amines) is 1. The normalized spacial score (nSPS) is 19.7. The molecule has 20 heavy (non-hydrogen) atoms. The quantitative estimate of drug-likeness (QED) is 0.902. The molecule has 2 rings (SSSR count). The largest absolute Gasteiger partial charge is 0.359 e. The Kier molecular flexibility index (Phi) is 4.06. The van der Waals surface area contributed by atoms with Crippen LogP contribution >= 0.6 is 0 Å². The van der Waals surface area contributed by atoms with Gasteiger partial charge in [0, 0.05) is 18.2 Å². The maximum absolute atomic E-state index is 12.3. The molecular formula is C15H25N3O2. The zero-order chi connectivity index (χ0) is 14.9. The third-order valence-corrected chi connectivity index (χ3v) is 3.46. The van der Waals surface area contributed by atoms with Gasteiger partial charge in [0.2, 0.25) is 0 Å². The number of nitrogens with one attached hydrogen (secondary N) is 1. The SMILES string of the molecule is CC(C)c1cc(C2CCCN2C(=O)NC(C)(C)C)on1. The van der Waals surface area contributed by atoms with E-state index in [2.05, 4.69) is 24.3 Å². The predicted molar refractivity (Wildman–Crippen MR) is 77.6 cm³/mol. The topological polar surface area (TPSA) is 58.4 Å². The molecule has 1 unspecified atom stereocenters. The van der Waals surface area contributed by atoms with Gasteiger partial charge in [0.15, 0.2) is 5.76 Å². The van der Waals surface area contributed by atoms with E-state index in [0.717, 1.165) is 30.8 Å². The van der Waals surface area contributed by atoms with Gasteiger partial charge in [-0.3, -0.25) is 0 Å². The number of aromatic nitrogens is 1. The molecule has 0 saturated carbocycles. The lowest BCUT2D eigenvalue weighted by atomic mass is 10.1. The fourth-order valence-electron chi connectivity index (χ4n) is 2.43. The molecule has 1 N–H and O–H groups in total. The summed E-state index contributed by atoms with van der Waals surface area (Å²) in [5.41, 5.74) is 0.720. The number of urea groups is 1. The van der Waals surface area contributed by atoms with Crippen LogP contribution in [0.25, 0.3) is 0 Å². The van der Waals surface area contributed by atoms with Crippen molar-refractivity contribution in [2.75, 3.05) is 6.54 Å². The Hall–Kier alpha value is -1.52. The Balaban J connectivity index is 2.12. The highest BCUT2D eigenvalue weighted by molar-refractivity contribution is 5.75. The molecule has 1 aliphatic heterocycles. The minimum Gasteiger partial charge on any atom is -0.359 e. The molecule has 2 heterocycles. The molecule has 1 aromatic rings. The van der Waals surface area contributed by atoms with E-state index in [9.17, 15) is 4.79 Å². The average molecular weight is 279 g/mol. The standard InChI is InChI=1S/C15H25N3O2/c1-10(2)11-9-13(20-17-11)12-7-6-8-18(12)14(19)16-15(3,4)5/h9-10,12H,6-8H2,1-5H3,(H,16,19). The molecule has 5 heteroatoms. The van der Waals surface area contributed by atoms with E-state index in [1.165, 1.54) is 0 Å². The Morgan fingerprint density at radius 2 is 2.20 bits per heavy atom. The zero-order valence-electron chi connectivity index (χ0n) is 13.1. The summed E-state index contributed by atoms with van der Waals surface area (Å²) in [4.78, 5) is 14.2. The first-order valence-corrected chi connectivity index (χ1v) is 7.33. The summed E-state index contributed by atoms with van der Waals surface area (Å²) in [7, 11) is 0. The number of hydrogen-bond donors (Lipinski definition) is 1. The molecule has 0 spiro atoms. The first kappa shape index (κ1) is 14.9. The fourth-order valence-corrected chi connectivity index (χ4v) is 2.43. The van der Waals surface area contributed by atoms with Crippen LogP contribution < -0.4 is 5.32 Å². The minimum atomic E-state index is -0.227. The predicted octanol–water partition coefficient (Wildman–Crippen LogP) is 3.44. The van der Waals surface area contributed by atoms with Crippen molar-refractivity contribution in [1.29, 1.82) is 0 Å². The molecule has 1 atom stereocenters. The second-order valence-corrected chi connectivity index (χ2v) is 6.84. The van der Waals surface area contributed by atoms with Gasteiger partial charge in [0.05, 0.1) is 11.7 Å². The average Bonchev–Trinajstić information content (AvgIpc) is 2.95. The molecule has 1 aliphatic rings. The Bertz CT molecular complexity index is 474. The Labute approximate surface area is 120 Å². The van der Waals surface area contributed by atoms with E-state index >= 15 is 0 Å². The van der Waals surface area contributed by atoms with Crippen LogP contribution in [0.5, 0.6) is 0 Å². The maximum Gasteiger partial charge on any atom is 0.318 e. The molecule has 0 bridgehead atoms. The fraction of sp³-hybridized carbons (Fsp3) is 0.733. The lowest BCUT2D eigenvalue weighted by molar-refractivity contribution is 0.174. The van der Waals surface area contributed by atoms with Crippen molar-refractivity contribution in [1.82, 2.24) is 15.4 Å². The highest BCUT2D eigenvalue weighted by Gasteiger charge is 2.34. The van der Waals surface area contributed by atoms with Crippen LogP contribution in [-0.4, -0.2) is 28.2 Å². The van der Waals surface area contributed by atoms with E-state index in [-0.39, 0.29) is 17.6 Å². The van der Waals surface area contributed by atoms with E-state index < -0.39 is 0 Å². The smallest absolute Gasteiger partial charge is 0.318 e. The van der Waals surface area contributed by atoms with Crippen molar-refractivity contribution in [3.63, 3.8) is 0 Å². The lowest BCUT2D eigenvalue weighted by Gasteiger charge is -2.28. The van der Waals surface area contributed by atoms with Crippen LogP contribution in [0.4, 0.5) is 4.79 Å². The summed E-state index contributed by atoms with van der Waals surface area (Å²) < 4.78 is 5.45. The van der Waals surface area contributed by atoms with Crippen molar-refractivity contribution >= 4 is 6.03 Å². The zero-order valence-corrected chi connectivity index (χ0v) is 13.1. The Morgan fingerprint density at radius 1 is 1.50 bits per heavy atom. The van der Waals surface area contributed by atoms with Crippen molar-refractivity contribution in [2.24, 2.45) is 0 Å². The second kappa shape index (κ2) is 5.46. The van der Waals surface area contributed by atoms with Crippen molar-refractivity contribution in [2.45, 2.75) is 65.0 Å². The summed E-state index contributed by atoms with van der Waals surface area (Å²) in [5.74, 6) is 1.14. The van der Waals surface area contributed by atoms with Crippen molar-refractivity contribution in [3.05, 3.63) is 17.5 Å². The van der Waals surface area contributed by atoms with Crippen LogP contribution in [-0.2, 0) is 0 Å². The number of amides is 2. The summed E-state index contributed by atoms with van der Waals surface area (Å²) in [6.45, 7) is 10.9. The van der Waals surface area contributed by atoms with Gasteiger partial charge in [-0.2, -0.15) is 0 Å². The first-order valence-electron chi connectivity index (χ1n) is 7.33. The molecule has 112 valence electrons. The van der Waals surface area contributed by atoms with Gasteiger partial charge in [0.1, 0.15) is 0 Å². The first-order chi connectivity index (χ1) is 9.28. The number of nitrogens with zero attached hydrogens (tertiary/aromatic N) is 2. The van der Waals surface area contributed by atoms with Crippen LogP contribution in [0, 0.1) is 0 Å². The van der Waals surface area contributed by atoms with Crippen LogP contribution in [0.15, 0.2) is 10.6 Å². The number of rotatable bonds is 2. The molecule has 0 aliphatic carbocycles. The minimum absolute atomic E-state index is 0.0114. The summed E-state index contributed by atoms with van der Waals surface area (Å²) >= 11 is 0. The van der Waals surface area contributed by atoms with Crippen molar-refractivity contribution in [3.8, 4) is 0 Å². The molecule has 1 fully saturated rings. The molecule has 0 aromatic carbocycles. The lowest BCUT2D eigenvalue weighted by Crippen LogP contribution is -2.48. The molecule has 0 radical (unpaired) electrons. The summed E-state index contributed by atoms with van der Waals surface area (Å²) in [5, 5.41) is 7.11. The Morgan fingerprint density at radius 3 is 2.75 bits per heavy atom. The number of hydrogen-bond acceptors (Lipinski definition) is 3. The van der Waals surface area contributed by atoms with E-state index in [4.69, 9.17) is 4.52 Å². The maximum atomic E-state index is 12.3. The third kappa shape index (κ3) is 3.32. The second-order valence-electron chi connectivity index (χ2n) is 6.84. The van der Waals surface area contributed by atoms with Crippen LogP contribution in [0.1, 0.15) is 70.9 Å². The number of carbonyl (C=O) groups is 1. The highest BCUT2D eigenvalue weighted by Crippen LogP contribution is 2.33. The van der Waals surface area contributed by atoms with Gasteiger partial charge < -0.3 is 14.7 Å². The van der Waals surface area contributed by atoms with E-state index in [1.807, 2.05) is 31.7 Å². The van der Waals surface area contributed by atoms with Crippen molar-refractivity contribution < 1.29 is 9.32 Å². The molecule has 5 nitrogen and oxygen atoms in total. The van der Waals surface area contributed by atoms with Gasteiger partial charge in [-0.25, -0.2) is 4.79 Å². The van der Waals surface area contributed by atoms with Crippen LogP contribution in [0.2, 0.25) is 0 Å². The van der Waals surface area contributed by atoms with E-state index in [1.54, 1.807) is 0 Å². The molecule has 1 aromatic heterocycles. The van der Waals surface area contributed by atoms with Gasteiger partial charge in [0.25, 0.3) is 0 Å². The van der Waals surface area contributed by atoms with E-state index in [0.29, 0.717) is 5.92 Å². The third-order valence-electron chi connectivity index (χ3n) is 3.46. The monoisotopic (exact) mass is 279 g/mol. The molecule has 2 amide bonds. The van der Waals surface area contributed by atoms with Gasteiger partial charge in [-0.15, -0.1) is 0 Å². The van der Waals surface area contributed by atoms with Gasteiger partial charge in [-0.1, -0.05) is 19.0 Å². The highest BCUT2D eigenvalue weighted by atomic mass is 16.5. The summed E-state index contributed by atoms with van der Waals surface area (Å²) in [6, 6.07) is 1.97. The summed E-state index contributed by atoms with van der Waals surface area (Å²) in [6.07, 6.45) is 1.93. The number of carbonyl (C=O) groups excluding carboxylic acids is 1. The van der Waals surface area contributed by atoms with Crippen LogP contribution in [0.3, 0.4) is 0 Å². The molecule has 1 saturated heterocycles. The van der Waals surface area contributed by atoms with Gasteiger partial charge in [-0.05, 0) is 39.5 Å². The molecular weight excluding hydrogens is 254 g/mol. The van der Waals surface area contributed by atoms with Gasteiger partial charge >= 0.3 is 6.03 Å².